The van der Waals surface area contributed by atoms with Gasteiger partial charge in [-0.05, 0) is 18.9 Å². The Balaban J connectivity index is 1.61. The molecule has 4 nitrogen and oxygen atoms in total. The Morgan fingerprint density at radius 3 is 2.89 bits per heavy atom. The van der Waals surface area contributed by atoms with Crippen LogP contribution in [0.15, 0.2) is 18.5 Å². The summed E-state index contributed by atoms with van der Waals surface area (Å²) in [6, 6.07) is 2.76. The molecular weight excluding hydrogens is 228 g/mol. The minimum absolute atomic E-state index is 0.280. The minimum atomic E-state index is 0.280. The molecule has 1 aliphatic heterocycles. The Morgan fingerprint density at radius 2 is 2.11 bits per heavy atom. The molecule has 4 heteroatoms. The van der Waals surface area contributed by atoms with Crippen LogP contribution in [0.25, 0.3) is 0 Å². The first-order chi connectivity index (χ1) is 8.92. The van der Waals surface area contributed by atoms with Crippen molar-refractivity contribution >= 4 is 0 Å². The second-order valence-electron chi connectivity index (χ2n) is 5.07. The van der Waals surface area contributed by atoms with E-state index in [2.05, 4.69) is 10.3 Å². The predicted molar refractivity (Wildman–Crippen MR) is 68.6 cm³/mol. The molecule has 2 fully saturated rings. The summed E-state index contributed by atoms with van der Waals surface area (Å²) in [5.41, 5.74) is 1.21. The predicted octanol–water partition coefficient (Wildman–Crippen LogP) is 1.89. The van der Waals surface area contributed by atoms with E-state index in [9.17, 15) is 0 Å². The van der Waals surface area contributed by atoms with E-state index in [-0.39, 0.29) is 6.10 Å². The number of rotatable bonds is 5. The Bertz CT molecular complexity index is 387. The maximum Gasteiger partial charge on any atom is 0.142 e. The molecule has 0 amide bonds. The topological polar surface area (TPSA) is 43.4 Å². The summed E-state index contributed by atoms with van der Waals surface area (Å²) in [4.78, 5) is 4.17. The van der Waals surface area contributed by atoms with Crippen molar-refractivity contribution in [3.8, 4) is 5.75 Å². The highest BCUT2D eigenvalue weighted by molar-refractivity contribution is 5.30. The lowest BCUT2D eigenvalue weighted by molar-refractivity contribution is 0.0250. The molecule has 1 aromatic rings. The third-order valence-corrected chi connectivity index (χ3v) is 3.49. The molecule has 0 unspecified atom stereocenters. The van der Waals surface area contributed by atoms with Crippen LogP contribution >= 0.6 is 0 Å². The minimum Gasteiger partial charge on any atom is -0.488 e. The number of nitrogens with zero attached hydrogens (tertiary/aromatic N) is 1. The Morgan fingerprint density at radius 1 is 1.28 bits per heavy atom. The van der Waals surface area contributed by atoms with Crippen LogP contribution < -0.4 is 10.1 Å². The first-order valence-electron chi connectivity index (χ1n) is 6.82. The summed E-state index contributed by atoms with van der Waals surface area (Å²) < 4.78 is 11.4. The van der Waals surface area contributed by atoms with Crippen LogP contribution in [0.3, 0.4) is 0 Å². The van der Waals surface area contributed by atoms with E-state index in [1.807, 2.05) is 18.5 Å². The van der Waals surface area contributed by atoms with Crippen molar-refractivity contribution in [1.82, 2.24) is 10.3 Å². The number of pyridine rings is 1. The van der Waals surface area contributed by atoms with Gasteiger partial charge in [-0.1, -0.05) is 0 Å². The van der Waals surface area contributed by atoms with Crippen molar-refractivity contribution in [1.29, 1.82) is 0 Å². The molecule has 18 heavy (non-hydrogen) atoms. The van der Waals surface area contributed by atoms with Crippen LogP contribution in [-0.2, 0) is 11.3 Å². The molecule has 3 rings (SSSR count). The van der Waals surface area contributed by atoms with Gasteiger partial charge >= 0.3 is 0 Å². The largest absolute Gasteiger partial charge is 0.488 e. The summed E-state index contributed by atoms with van der Waals surface area (Å²) in [5, 5.41) is 3.52. The van der Waals surface area contributed by atoms with Gasteiger partial charge in [0.2, 0.25) is 0 Å². The van der Waals surface area contributed by atoms with Gasteiger partial charge in [-0.25, -0.2) is 0 Å². The Labute approximate surface area is 108 Å². The monoisotopic (exact) mass is 248 g/mol. The number of hydrogen-bond donors (Lipinski definition) is 1. The van der Waals surface area contributed by atoms with Crippen molar-refractivity contribution in [2.45, 2.75) is 44.4 Å². The molecule has 1 saturated heterocycles. The molecule has 0 radical (unpaired) electrons. The number of aromatic nitrogens is 1. The van der Waals surface area contributed by atoms with Crippen LogP contribution in [0.1, 0.15) is 31.2 Å². The standard InChI is InChI=1S/C14H20N2O2/c1-2-12(1)16-9-11-3-6-15-10-14(11)18-13-4-7-17-8-5-13/h3,6,10,12-13,16H,1-2,4-5,7-9H2. The van der Waals surface area contributed by atoms with E-state index in [4.69, 9.17) is 9.47 Å². The van der Waals surface area contributed by atoms with Gasteiger partial charge in [0.1, 0.15) is 11.9 Å². The normalized spacial score (nSPS) is 20.9. The second kappa shape index (κ2) is 5.67. The van der Waals surface area contributed by atoms with Gasteiger partial charge in [-0.3, -0.25) is 4.98 Å². The SMILES string of the molecule is c1cc(CNC2CC2)c(OC2CCOCC2)cn1. The average molecular weight is 248 g/mol. The highest BCUT2D eigenvalue weighted by atomic mass is 16.5. The molecule has 0 spiro atoms. The molecule has 0 aromatic carbocycles. The highest BCUT2D eigenvalue weighted by Gasteiger charge is 2.21. The fraction of sp³-hybridized carbons (Fsp3) is 0.643. The average Bonchev–Trinajstić information content (AvgIpc) is 3.23. The number of nitrogens with one attached hydrogen (secondary N) is 1. The second-order valence-corrected chi connectivity index (χ2v) is 5.07. The van der Waals surface area contributed by atoms with Gasteiger partial charge < -0.3 is 14.8 Å². The summed E-state index contributed by atoms with van der Waals surface area (Å²) in [5.74, 6) is 0.928. The van der Waals surface area contributed by atoms with Gasteiger partial charge in [0.15, 0.2) is 0 Å². The maximum atomic E-state index is 6.06. The zero-order valence-corrected chi connectivity index (χ0v) is 10.6. The lowest BCUT2D eigenvalue weighted by atomic mass is 10.1. The van der Waals surface area contributed by atoms with Crippen LogP contribution in [0.2, 0.25) is 0 Å². The zero-order chi connectivity index (χ0) is 12.2. The quantitative estimate of drug-likeness (QED) is 0.864. The Kier molecular flexibility index (Phi) is 3.76. The van der Waals surface area contributed by atoms with Crippen molar-refractivity contribution in [2.24, 2.45) is 0 Å². The molecule has 1 aliphatic carbocycles. The third-order valence-electron chi connectivity index (χ3n) is 3.49. The van der Waals surface area contributed by atoms with E-state index in [0.717, 1.165) is 38.3 Å². The van der Waals surface area contributed by atoms with Crippen LogP contribution in [0.4, 0.5) is 0 Å². The van der Waals surface area contributed by atoms with Gasteiger partial charge in [0.05, 0.1) is 19.4 Å². The molecule has 0 atom stereocenters. The van der Waals surface area contributed by atoms with Gasteiger partial charge in [-0.15, -0.1) is 0 Å². The third kappa shape index (κ3) is 3.21. The van der Waals surface area contributed by atoms with Gasteiger partial charge in [0, 0.05) is 37.2 Å². The van der Waals surface area contributed by atoms with Crippen molar-refractivity contribution in [3.05, 3.63) is 24.0 Å². The fourth-order valence-electron chi connectivity index (χ4n) is 2.18. The lowest BCUT2D eigenvalue weighted by Crippen LogP contribution is -2.26. The number of ether oxygens (including phenoxy) is 2. The molecule has 1 aromatic heterocycles. The van der Waals surface area contributed by atoms with Gasteiger partial charge in [0.25, 0.3) is 0 Å². The van der Waals surface area contributed by atoms with E-state index in [1.165, 1.54) is 18.4 Å². The fourth-order valence-corrected chi connectivity index (χ4v) is 2.18. The van der Waals surface area contributed by atoms with E-state index < -0.39 is 0 Å². The highest BCUT2D eigenvalue weighted by Crippen LogP contribution is 2.24. The molecule has 1 saturated carbocycles. The molecule has 2 aliphatic rings. The lowest BCUT2D eigenvalue weighted by Gasteiger charge is -2.24. The first-order valence-corrected chi connectivity index (χ1v) is 6.82. The maximum absolute atomic E-state index is 6.06. The van der Waals surface area contributed by atoms with Crippen LogP contribution in [-0.4, -0.2) is 30.3 Å². The zero-order valence-electron chi connectivity index (χ0n) is 10.6. The molecule has 98 valence electrons. The Hall–Kier alpha value is -1.13. The summed E-state index contributed by atoms with van der Waals surface area (Å²) in [6.07, 6.45) is 8.51. The number of hydrogen-bond acceptors (Lipinski definition) is 4. The summed E-state index contributed by atoms with van der Waals surface area (Å²) in [6.45, 7) is 2.49. The van der Waals surface area contributed by atoms with Crippen LogP contribution in [0, 0.1) is 0 Å². The van der Waals surface area contributed by atoms with Gasteiger partial charge in [-0.2, -0.15) is 0 Å². The first kappa shape index (κ1) is 11.9. The van der Waals surface area contributed by atoms with Crippen LogP contribution in [0.5, 0.6) is 5.75 Å². The van der Waals surface area contributed by atoms with Crippen molar-refractivity contribution in [3.63, 3.8) is 0 Å². The molecule has 2 heterocycles. The van der Waals surface area contributed by atoms with E-state index in [0.29, 0.717) is 6.04 Å². The van der Waals surface area contributed by atoms with Crippen molar-refractivity contribution in [2.75, 3.05) is 13.2 Å². The molecule has 0 bridgehead atoms. The summed E-state index contributed by atoms with van der Waals surface area (Å²) in [7, 11) is 0. The van der Waals surface area contributed by atoms with E-state index in [1.54, 1.807) is 0 Å². The smallest absolute Gasteiger partial charge is 0.142 e. The van der Waals surface area contributed by atoms with E-state index >= 15 is 0 Å². The molecule has 1 N–H and O–H groups in total. The molecular formula is C14H20N2O2. The summed E-state index contributed by atoms with van der Waals surface area (Å²) >= 11 is 0. The van der Waals surface area contributed by atoms with Crippen molar-refractivity contribution < 1.29 is 9.47 Å².